The van der Waals surface area contributed by atoms with Gasteiger partial charge in [0, 0.05) is 12.2 Å². The Balaban J connectivity index is 1.84. The fourth-order valence-electron chi connectivity index (χ4n) is 3.46. The van der Waals surface area contributed by atoms with Crippen LogP contribution in [-0.2, 0) is 34.2 Å². The molecule has 21 heavy (non-hydrogen) atoms. The van der Waals surface area contributed by atoms with Gasteiger partial charge in [0.2, 0.25) is 0 Å². The predicted octanol–water partition coefficient (Wildman–Crippen LogP) is 1.36. The number of hydrogen-bond donors (Lipinski definition) is 0. The van der Waals surface area contributed by atoms with Gasteiger partial charge in [-0.05, 0) is 34.1 Å². The van der Waals surface area contributed by atoms with E-state index in [1.54, 1.807) is 0 Å². The highest BCUT2D eigenvalue weighted by atomic mass is 32.2. The first-order valence-electron chi connectivity index (χ1n) is 7.35. The third-order valence-corrected chi connectivity index (χ3v) is 4.70. The molecule has 2 saturated heterocycles. The maximum absolute atomic E-state index is 11.5. The zero-order valence-electron chi connectivity index (χ0n) is 13.2. The van der Waals surface area contributed by atoms with Gasteiger partial charge in [0.05, 0.1) is 12.7 Å². The minimum Gasteiger partial charge on any atom is -0.350 e. The van der Waals surface area contributed by atoms with Gasteiger partial charge in [-0.15, -0.1) is 0 Å². The zero-order valence-corrected chi connectivity index (χ0v) is 14.0. The van der Waals surface area contributed by atoms with Crippen molar-refractivity contribution in [2.45, 2.75) is 70.1 Å². The van der Waals surface area contributed by atoms with Crippen molar-refractivity contribution in [2.24, 2.45) is 5.92 Å². The lowest BCUT2D eigenvalue weighted by Crippen LogP contribution is -2.60. The largest absolute Gasteiger partial charge is 0.350 e. The number of ether oxygens (including phenoxy) is 4. The lowest BCUT2D eigenvalue weighted by molar-refractivity contribution is -0.321. The molecule has 3 aliphatic rings. The molecule has 0 aromatic heterocycles. The van der Waals surface area contributed by atoms with Gasteiger partial charge in [-0.2, -0.15) is 0 Å². The Bertz CT molecular complexity index is 437. The Morgan fingerprint density at radius 3 is 2.29 bits per heavy atom. The molecule has 1 saturated carbocycles. The molecule has 6 nitrogen and oxygen atoms in total. The first-order valence-corrected chi connectivity index (χ1v) is 8.83. The van der Waals surface area contributed by atoms with Crippen LogP contribution in [0.5, 0.6) is 0 Å². The molecule has 6 atom stereocenters. The molecule has 0 radical (unpaired) electrons. The quantitative estimate of drug-likeness (QED) is 0.765. The van der Waals surface area contributed by atoms with E-state index < -0.39 is 22.7 Å². The van der Waals surface area contributed by atoms with E-state index in [9.17, 15) is 4.21 Å². The number of fused-ring (bicyclic) bond motifs is 3. The fourth-order valence-corrected chi connectivity index (χ4v) is 3.99. The zero-order chi connectivity index (χ0) is 15.4. The van der Waals surface area contributed by atoms with E-state index in [1.807, 2.05) is 27.7 Å². The minimum atomic E-state index is -1.34. The van der Waals surface area contributed by atoms with Gasteiger partial charge >= 0.3 is 0 Å². The minimum absolute atomic E-state index is 0.0920. The second-order valence-electron chi connectivity index (χ2n) is 6.89. The van der Waals surface area contributed by atoms with Crippen molar-refractivity contribution in [1.29, 1.82) is 0 Å². The van der Waals surface area contributed by atoms with Crippen LogP contribution in [0.25, 0.3) is 0 Å². The second-order valence-corrected chi connectivity index (χ2v) is 7.89. The molecule has 7 heteroatoms. The van der Waals surface area contributed by atoms with Crippen LogP contribution in [0.2, 0.25) is 0 Å². The molecule has 2 heterocycles. The first kappa shape index (κ1) is 15.8. The Kier molecular flexibility index (Phi) is 3.96. The van der Waals surface area contributed by atoms with E-state index in [4.69, 9.17) is 23.1 Å². The van der Waals surface area contributed by atoms with Crippen LogP contribution >= 0.6 is 0 Å². The molecular formula is C14H24O6S. The van der Waals surface area contributed by atoms with Crippen molar-refractivity contribution in [3.8, 4) is 0 Å². The van der Waals surface area contributed by atoms with Crippen LogP contribution in [0.15, 0.2) is 0 Å². The molecule has 0 aromatic carbocycles. The molecule has 0 aromatic rings. The van der Waals surface area contributed by atoms with Crippen molar-refractivity contribution < 1.29 is 27.3 Å². The van der Waals surface area contributed by atoms with Crippen LogP contribution in [0, 0.1) is 5.92 Å². The van der Waals surface area contributed by atoms with Gasteiger partial charge < -0.3 is 18.9 Å². The smallest absolute Gasteiger partial charge is 0.164 e. The van der Waals surface area contributed by atoms with Crippen LogP contribution in [-0.4, -0.2) is 53.1 Å². The maximum atomic E-state index is 11.5. The average Bonchev–Trinajstić information content (AvgIpc) is 2.65. The highest BCUT2D eigenvalue weighted by Gasteiger charge is 2.58. The highest BCUT2D eigenvalue weighted by Crippen LogP contribution is 2.45. The van der Waals surface area contributed by atoms with Crippen molar-refractivity contribution in [1.82, 2.24) is 0 Å². The third kappa shape index (κ3) is 3.18. The van der Waals surface area contributed by atoms with Crippen LogP contribution in [0.3, 0.4) is 0 Å². The first-order chi connectivity index (χ1) is 9.67. The summed E-state index contributed by atoms with van der Waals surface area (Å²) in [6, 6.07) is 0. The summed E-state index contributed by atoms with van der Waals surface area (Å²) in [5.74, 6) is -1.15. The molecule has 0 N–H and O–H groups in total. The average molecular weight is 320 g/mol. The summed E-state index contributed by atoms with van der Waals surface area (Å²) in [4.78, 5) is 0. The summed E-state index contributed by atoms with van der Waals surface area (Å²) in [6.07, 6.45) is 1.37. The van der Waals surface area contributed by atoms with E-state index in [-0.39, 0.29) is 30.3 Å². The molecule has 122 valence electrons. The van der Waals surface area contributed by atoms with Crippen molar-refractivity contribution in [3.63, 3.8) is 0 Å². The summed E-state index contributed by atoms with van der Waals surface area (Å²) in [6.45, 7) is 8.15. The molecule has 0 amide bonds. The SMILES string of the molecule is CS(=O)OC1C[C@@H]2COC(C)(C)O[C@H]2[C@@H]2OC(C)(C)O[C@@H]12. The highest BCUT2D eigenvalue weighted by molar-refractivity contribution is 7.79. The van der Waals surface area contributed by atoms with Crippen LogP contribution in [0.4, 0.5) is 0 Å². The van der Waals surface area contributed by atoms with E-state index in [2.05, 4.69) is 0 Å². The molecule has 3 rings (SSSR count). The van der Waals surface area contributed by atoms with Gasteiger partial charge in [-0.25, -0.2) is 4.21 Å². The van der Waals surface area contributed by atoms with Gasteiger partial charge in [-0.3, -0.25) is 4.18 Å². The second kappa shape index (κ2) is 5.25. The Morgan fingerprint density at radius 2 is 1.62 bits per heavy atom. The molecule has 3 fully saturated rings. The van der Waals surface area contributed by atoms with Crippen molar-refractivity contribution >= 4 is 11.1 Å². The van der Waals surface area contributed by atoms with Gasteiger partial charge in [0.15, 0.2) is 22.7 Å². The molecule has 0 spiro atoms. The molecule has 0 bridgehead atoms. The predicted molar refractivity (Wildman–Crippen MR) is 75.8 cm³/mol. The fraction of sp³-hybridized carbons (Fsp3) is 1.00. The summed E-state index contributed by atoms with van der Waals surface area (Å²) in [5.41, 5.74) is 0. The maximum Gasteiger partial charge on any atom is 0.164 e. The molecular weight excluding hydrogens is 296 g/mol. The molecule has 2 aliphatic heterocycles. The van der Waals surface area contributed by atoms with E-state index in [0.717, 1.165) is 0 Å². The summed E-state index contributed by atoms with van der Waals surface area (Å²) < 4.78 is 40.9. The lowest BCUT2D eigenvalue weighted by Gasteiger charge is -2.48. The third-order valence-electron chi connectivity index (χ3n) is 4.18. The topological polar surface area (TPSA) is 63.2 Å². The van der Waals surface area contributed by atoms with Crippen LogP contribution < -0.4 is 0 Å². The van der Waals surface area contributed by atoms with Gasteiger partial charge in [-0.1, -0.05) is 0 Å². The Labute approximate surface area is 128 Å². The van der Waals surface area contributed by atoms with E-state index in [0.29, 0.717) is 13.0 Å². The normalized spacial score (nSPS) is 45.7. The lowest BCUT2D eigenvalue weighted by atomic mass is 9.80. The Morgan fingerprint density at radius 1 is 1.00 bits per heavy atom. The monoisotopic (exact) mass is 320 g/mol. The summed E-state index contributed by atoms with van der Waals surface area (Å²) in [5, 5.41) is 0. The van der Waals surface area contributed by atoms with Gasteiger partial charge in [0.25, 0.3) is 0 Å². The standard InChI is InChI=1S/C14H24O6S/c1-13(2)16-7-8-6-9(20-21(5)15)11-12(10(8)17-13)19-14(3,4)18-11/h8-12H,6-7H2,1-5H3/t8-,9?,10-,11+,12+,21?/m1/s1. The van der Waals surface area contributed by atoms with Crippen LogP contribution in [0.1, 0.15) is 34.1 Å². The van der Waals surface area contributed by atoms with Gasteiger partial charge in [0.1, 0.15) is 18.3 Å². The Hall–Kier alpha value is -0.0500. The van der Waals surface area contributed by atoms with E-state index >= 15 is 0 Å². The molecule has 1 aliphatic carbocycles. The van der Waals surface area contributed by atoms with Crippen molar-refractivity contribution in [3.05, 3.63) is 0 Å². The number of rotatable bonds is 2. The number of hydrogen-bond acceptors (Lipinski definition) is 6. The summed E-state index contributed by atoms with van der Waals surface area (Å²) >= 11 is -1.34. The summed E-state index contributed by atoms with van der Waals surface area (Å²) in [7, 11) is 0. The molecule has 2 unspecified atom stereocenters. The van der Waals surface area contributed by atoms with E-state index in [1.165, 1.54) is 6.26 Å². The van der Waals surface area contributed by atoms with Crippen molar-refractivity contribution in [2.75, 3.05) is 12.9 Å².